The molecule has 0 amide bonds. The third-order valence-electron chi connectivity index (χ3n) is 1.97. The molecule has 0 atom stereocenters. The number of rotatable bonds is 3. The van der Waals surface area contributed by atoms with Crippen molar-refractivity contribution in [3.05, 3.63) is 16.1 Å². The lowest BCUT2D eigenvalue weighted by Gasteiger charge is -2.06. The van der Waals surface area contributed by atoms with Crippen LogP contribution in [0.1, 0.15) is 43.3 Å². The van der Waals surface area contributed by atoms with Gasteiger partial charge < -0.3 is 0 Å². The molecule has 11 heavy (non-hydrogen) atoms. The first-order chi connectivity index (χ1) is 5.27. The summed E-state index contributed by atoms with van der Waals surface area (Å²) in [4.78, 5) is 4.47. The average molecular weight is 169 g/mol. The summed E-state index contributed by atoms with van der Waals surface area (Å²) in [5.74, 6) is 0.689. The minimum absolute atomic E-state index is 0.689. The molecule has 0 fully saturated rings. The van der Waals surface area contributed by atoms with Crippen molar-refractivity contribution in [1.82, 2.24) is 4.98 Å². The fraction of sp³-hybridized carbons (Fsp3) is 0.667. The predicted molar refractivity (Wildman–Crippen MR) is 50.2 cm³/mol. The van der Waals surface area contributed by atoms with E-state index in [4.69, 9.17) is 0 Å². The van der Waals surface area contributed by atoms with E-state index in [9.17, 15) is 0 Å². The second-order valence-corrected chi connectivity index (χ2v) is 3.73. The number of thiazole rings is 1. The highest BCUT2D eigenvalue weighted by atomic mass is 32.1. The number of nitrogens with zero attached hydrogens (tertiary/aromatic N) is 1. The third-order valence-corrected chi connectivity index (χ3v) is 3.10. The third kappa shape index (κ3) is 2.03. The van der Waals surface area contributed by atoms with E-state index in [0.717, 1.165) is 5.69 Å². The van der Waals surface area contributed by atoms with E-state index in [1.807, 2.05) is 0 Å². The molecule has 1 heterocycles. The maximum atomic E-state index is 4.47. The molecule has 0 aromatic carbocycles. The first-order valence-electron chi connectivity index (χ1n) is 4.20. The van der Waals surface area contributed by atoms with E-state index in [1.54, 1.807) is 11.3 Å². The van der Waals surface area contributed by atoms with Gasteiger partial charge in [0.05, 0.1) is 5.01 Å². The molecule has 0 saturated heterocycles. The monoisotopic (exact) mass is 169 g/mol. The SMILES string of the molecule is CCC(CC)c1nc(C)cs1. The van der Waals surface area contributed by atoms with Crippen LogP contribution in [0.2, 0.25) is 0 Å². The summed E-state index contributed by atoms with van der Waals surface area (Å²) in [6.07, 6.45) is 2.42. The molecule has 0 radical (unpaired) electrons. The highest BCUT2D eigenvalue weighted by molar-refractivity contribution is 7.09. The fourth-order valence-corrected chi connectivity index (χ4v) is 2.26. The molecule has 0 unspecified atom stereocenters. The Bertz CT molecular complexity index is 213. The number of hydrogen-bond acceptors (Lipinski definition) is 2. The van der Waals surface area contributed by atoms with E-state index < -0.39 is 0 Å². The van der Waals surface area contributed by atoms with E-state index in [-0.39, 0.29) is 0 Å². The molecular formula is C9H15NS. The zero-order valence-corrected chi connectivity index (χ0v) is 8.24. The van der Waals surface area contributed by atoms with E-state index in [0.29, 0.717) is 5.92 Å². The molecule has 0 aliphatic carbocycles. The Hall–Kier alpha value is -0.370. The van der Waals surface area contributed by atoms with Crippen LogP contribution < -0.4 is 0 Å². The van der Waals surface area contributed by atoms with Gasteiger partial charge >= 0.3 is 0 Å². The van der Waals surface area contributed by atoms with Crippen LogP contribution in [0.5, 0.6) is 0 Å². The Morgan fingerprint density at radius 3 is 2.45 bits per heavy atom. The van der Waals surface area contributed by atoms with Crippen molar-refractivity contribution < 1.29 is 0 Å². The van der Waals surface area contributed by atoms with Crippen LogP contribution in [-0.4, -0.2) is 4.98 Å². The maximum Gasteiger partial charge on any atom is 0.0958 e. The van der Waals surface area contributed by atoms with E-state index in [2.05, 4.69) is 31.1 Å². The summed E-state index contributed by atoms with van der Waals surface area (Å²) in [5.41, 5.74) is 1.16. The van der Waals surface area contributed by atoms with Crippen LogP contribution >= 0.6 is 11.3 Å². The summed E-state index contributed by atoms with van der Waals surface area (Å²) in [5, 5.41) is 3.45. The van der Waals surface area contributed by atoms with Gasteiger partial charge in [0.1, 0.15) is 0 Å². The zero-order valence-electron chi connectivity index (χ0n) is 7.42. The molecular weight excluding hydrogens is 154 g/mol. The molecule has 1 rings (SSSR count). The van der Waals surface area contributed by atoms with Crippen LogP contribution in [0.25, 0.3) is 0 Å². The normalized spacial score (nSPS) is 10.9. The average Bonchev–Trinajstić information content (AvgIpc) is 2.39. The van der Waals surface area contributed by atoms with Gasteiger partial charge in [0.2, 0.25) is 0 Å². The van der Waals surface area contributed by atoms with Crippen molar-refractivity contribution in [1.29, 1.82) is 0 Å². The van der Waals surface area contributed by atoms with E-state index >= 15 is 0 Å². The summed E-state index contributed by atoms with van der Waals surface area (Å²) in [7, 11) is 0. The molecule has 2 heteroatoms. The molecule has 0 spiro atoms. The van der Waals surface area contributed by atoms with Crippen molar-refractivity contribution in [2.45, 2.75) is 39.5 Å². The van der Waals surface area contributed by atoms with Gasteiger partial charge in [-0.05, 0) is 19.8 Å². The molecule has 1 aromatic heterocycles. The summed E-state index contributed by atoms with van der Waals surface area (Å²) >= 11 is 1.80. The van der Waals surface area contributed by atoms with Gasteiger partial charge in [-0.25, -0.2) is 4.98 Å². The van der Waals surface area contributed by atoms with Gasteiger partial charge in [0, 0.05) is 17.0 Å². The van der Waals surface area contributed by atoms with Crippen molar-refractivity contribution >= 4 is 11.3 Å². The summed E-state index contributed by atoms with van der Waals surface area (Å²) < 4.78 is 0. The molecule has 1 nitrogen and oxygen atoms in total. The van der Waals surface area contributed by atoms with Crippen LogP contribution in [0.15, 0.2) is 5.38 Å². The molecule has 0 N–H and O–H groups in total. The topological polar surface area (TPSA) is 12.9 Å². The molecule has 0 aliphatic rings. The first-order valence-corrected chi connectivity index (χ1v) is 5.07. The number of aromatic nitrogens is 1. The molecule has 1 aromatic rings. The Balaban J connectivity index is 2.73. The van der Waals surface area contributed by atoms with E-state index in [1.165, 1.54) is 17.8 Å². The van der Waals surface area contributed by atoms with Crippen molar-refractivity contribution in [3.8, 4) is 0 Å². The standard InChI is InChI=1S/C9H15NS/c1-4-8(5-2)9-10-7(3)6-11-9/h6,8H,4-5H2,1-3H3. The van der Waals surface area contributed by atoms with Crippen LogP contribution in [0.4, 0.5) is 0 Å². The largest absolute Gasteiger partial charge is 0.246 e. The Labute approximate surface area is 72.5 Å². The zero-order chi connectivity index (χ0) is 8.27. The van der Waals surface area contributed by atoms with Crippen LogP contribution in [0.3, 0.4) is 0 Å². The van der Waals surface area contributed by atoms with Crippen molar-refractivity contribution in [2.24, 2.45) is 0 Å². The smallest absolute Gasteiger partial charge is 0.0958 e. The van der Waals surface area contributed by atoms with Crippen molar-refractivity contribution in [3.63, 3.8) is 0 Å². The first kappa shape index (κ1) is 8.72. The minimum atomic E-state index is 0.689. The second-order valence-electron chi connectivity index (χ2n) is 2.84. The van der Waals surface area contributed by atoms with Gasteiger partial charge in [0.15, 0.2) is 0 Å². The summed E-state index contributed by atoms with van der Waals surface area (Å²) in [6, 6.07) is 0. The highest BCUT2D eigenvalue weighted by Crippen LogP contribution is 2.25. The molecule has 62 valence electrons. The minimum Gasteiger partial charge on any atom is -0.246 e. The number of aryl methyl sites for hydroxylation is 1. The Morgan fingerprint density at radius 1 is 1.45 bits per heavy atom. The van der Waals surface area contributed by atoms with Gasteiger partial charge in [-0.1, -0.05) is 13.8 Å². The maximum absolute atomic E-state index is 4.47. The molecule has 0 aliphatic heterocycles. The fourth-order valence-electron chi connectivity index (χ4n) is 1.20. The van der Waals surface area contributed by atoms with Gasteiger partial charge in [0.25, 0.3) is 0 Å². The van der Waals surface area contributed by atoms with Gasteiger partial charge in [-0.3, -0.25) is 0 Å². The Kier molecular flexibility index (Phi) is 3.06. The lowest BCUT2D eigenvalue weighted by molar-refractivity contribution is 0.636. The molecule has 0 bridgehead atoms. The number of hydrogen-bond donors (Lipinski definition) is 0. The lowest BCUT2D eigenvalue weighted by Crippen LogP contribution is -1.93. The van der Waals surface area contributed by atoms with Gasteiger partial charge in [-0.15, -0.1) is 11.3 Å². The van der Waals surface area contributed by atoms with Crippen LogP contribution in [-0.2, 0) is 0 Å². The predicted octanol–water partition coefficient (Wildman–Crippen LogP) is 3.36. The summed E-state index contributed by atoms with van der Waals surface area (Å²) in [6.45, 7) is 6.51. The Morgan fingerprint density at radius 2 is 2.09 bits per heavy atom. The van der Waals surface area contributed by atoms with Gasteiger partial charge in [-0.2, -0.15) is 0 Å². The van der Waals surface area contributed by atoms with Crippen molar-refractivity contribution in [2.75, 3.05) is 0 Å². The highest BCUT2D eigenvalue weighted by Gasteiger charge is 2.09. The van der Waals surface area contributed by atoms with Crippen LogP contribution in [0, 0.1) is 6.92 Å². The molecule has 0 saturated carbocycles. The lowest BCUT2D eigenvalue weighted by atomic mass is 10.1. The quantitative estimate of drug-likeness (QED) is 0.676. The second kappa shape index (κ2) is 3.86.